The molecule has 1 aromatic carbocycles. The monoisotopic (exact) mass is 396 g/mol. The Bertz CT molecular complexity index is 847. The van der Waals surface area contributed by atoms with E-state index >= 15 is 0 Å². The molecule has 0 radical (unpaired) electrons. The lowest BCUT2D eigenvalue weighted by atomic mass is 10.0. The van der Waals surface area contributed by atoms with Gasteiger partial charge in [0.25, 0.3) is 0 Å². The molecule has 1 amide bonds. The number of amides is 1. The highest BCUT2D eigenvalue weighted by atomic mass is 16.5. The first-order chi connectivity index (χ1) is 14.2. The van der Waals surface area contributed by atoms with Gasteiger partial charge in [0.2, 0.25) is 5.91 Å². The molecular formula is C21H28N6O2. The Balaban J connectivity index is 1.41. The lowest BCUT2D eigenvalue weighted by Gasteiger charge is -2.29. The van der Waals surface area contributed by atoms with Gasteiger partial charge in [0, 0.05) is 37.8 Å². The zero-order valence-electron chi connectivity index (χ0n) is 17.0. The number of fused-ring (bicyclic) bond motifs is 1. The van der Waals surface area contributed by atoms with Crippen molar-refractivity contribution in [1.29, 1.82) is 0 Å². The highest BCUT2D eigenvalue weighted by Gasteiger charge is 2.26. The number of benzene rings is 1. The third-order valence-electron chi connectivity index (χ3n) is 5.51. The number of aromatic nitrogens is 2. The zero-order chi connectivity index (χ0) is 20.2. The second kappa shape index (κ2) is 8.75. The van der Waals surface area contributed by atoms with Gasteiger partial charge < -0.3 is 20.7 Å². The molecule has 1 unspecified atom stereocenters. The molecule has 2 aromatic rings. The van der Waals surface area contributed by atoms with E-state index in [-0.39, 0.29) is 11.9 Å². The fourth-order valence-corrected chi connectivity index (χ4v) is 3.97. The van der Waals surface area contributed by atoms with Crippen LogP contribution in [0, 0.1) is 0 Å². The van der Waals surface area contributed by atoms with E-state index in [9.17, 15) is 4.79 Å². The van der Waals surface area contributed by atoms with Gasteiger partial charge in [-0.2, -0.15) is 0 Å². The third kappa shape index (κ3) is 4.49. The van der Waals surface area contributed by atoms with Gasteiger partial charge in [-0.3, -0.25) is 9.69 Å². The maximum atomic E-state index is 12.5. The molecule has 3 heterocycles. The average molecular weight is 396 g/mol. The molecular weight excluding hydrogens is 368 g/mol. The van der Waals surface area contributed by atoms with Gasteiger partial charge in [0.05, 0.1) is 25.4 Å². The summed E-state index contributed by atoms with van der Waals surface area (Å²) in [7, 11) is 3.52. The summed E-state index contributed by atoms with van der Waals surface area (Å²) in [6.45, 7) is 2.83. The normalized spacial score (nSPS) is 18.9. The summed E-state index contributed by atoms with van der Waals surface area (Å²) in [6.07, 6.45) is 3.07. The Hall–Kier alpha value is -2.71. The Morgan fingerprint density at radius 1 is 1.31 bits per heavy atom. The lowest BCUT2D eigenvalue weighted by Crippen LogP contribution is -2.38. The second-order valence-electron chi connectivity index (χ2n) is 7.49. The highest BCUT2D eigenvalue weighted by molar-refractivity contribution is 5.92. The van der Waals surface area contributed by atoms with Crippen LogP contribution in [-0.2, 0) is 17.8 Å². The van der Waals surface area contributed by atoms with E-state index in [1.54, 1.807) is 7.11 Å². The minimum atomic E-state index is -0.0303. The van der Waals surface area contributed by atoms with Gasteiger partial charge in [0.1, 0.15) is 17.4 Å². The maximum Gasteiger partial charge on any atom is 0.238 e. The van der Waals surface area contributed by atoms with Crippen molar-refractivity contribution in [3.8, 4) is 5.75 Å². The van der Waals surface area contributed by atoms with Crippen LogP contribution >= 0.6 is 0 Å². The summed E-state index contributed by atoms with van der Waals surface area (Å²) < 4.78 is 5.15. The van der Waals surface area contributed by atoms with Crippen molar-refractivity contribution in [2.45, 2.75) is 31.8 Å². The number of nitrogens with one attached hydrogen (secondary N) is 3. The molecule has 1 aromatic heterocycles. The third-order valence-corrected chi connectivity index (χ3v) is 5.51. The molecule has 29 heavy (non-hydrogen) atoms. The predicted octanol–water partition coefficient (Wildman–Crippen LogP) is 1.95. The van der Waals surface area contributed by atoms with Crippen molar-refractivity contribution in [2.24, 2.45) is 0 Å². The van der Waals surface area contributed by atoms with E-state index in [1.165, 1.54) is 0 Å². The molecule has 3 N–H and O–H groups in total. The van der Waals surface area contributed by atoms with Crippen LogP contribution in [0.3, 0.4) is 0 Å². The molecule has 0 aliphatic carbocycles. The van der Waals surface area contributed by atoms with Gasteiger partial charge in [-0.05, 0) is 43.7 Å². The molecule has 0 saturated carbocycles. The minimum Gasteiger partial charge on any atom is -0.497 e. The largest absolute Gasteiger partial charge is 0.497 e. The van der Waals surface area contributed by atoms with Crippen LogP contribution in [0.1, 0.15) is 36.0 Å². The molecule has 0 spiro atoms. The topological polar surface area (TPSA) is 91.4 Å². The number of hydrogen-bond acceptors (Lipinski definition) is 7. The minimum absolute atomic E-state index is 0.0303. The van der Waals surface area contributed by atoms with Crippen molar-refractivity contribution < 1.29 is 9.53 Å². The van der Waals surface area contributed by atoms with Crippen LogP contribution in [0.4, 0.5) is 11.5 Å². The first kappa shape index (κ1) is 19.6. The second-order valence-corrected chi connectivity index (χ2v) is 7.49. The molecule has 2 aliphatic rings. The maximum absolute atomic E-state index is 12.5. The highest BCUT2D eigenvalue weighted by Crippen LogP contribution is 2.28. The number of methoxy groups -OCH3 is 1. The molecule has 8 nitrogen and oxygen atoms in total. The van der Waals surface area contributed by atoms with E-state index in [0.29, 0.717) is 13.1 Å². The van der Waals surface area contributed by atoms with Gasteiger partial charge >= 0.3 is 0 Å². The summed E-state index contributed by atoms with van der Waals surface area (Å²) in [5.41, 5.74) is 2.96. The van der Waals surface area contributed by atoms with E-state index in [1.807, 2.05) is 31.3 Å². The SMILES string of the molecule is CNc1nc(C2CCCN2)nc2c1CN(CC(=O)Nc1ccc(OC)cc1)CC2. The number of rotatable bonds is 6. The van der Waals surface area contributed by atoms with Crippen LogP contribution in [0.25, 0.3) is 0 Å². The summed E-state index contributed by atoms with van der Waals surface area (Å²) in [4.78, 5) is 24.2. The molecule has 8 heteroatoms. The van der Waals surface area contributed by atoms with Crippen molar-refractivity contribution >= 4 is 17.4 Å². The van der Waals surface area contributed by atoms with E-state index < -0.39 is 0 Å². The fraction of sp³-hybridized carbons (Fsp3) is 0.476. The Labute approximate surface area is 171 Å². The molecule has 0 bridgehead atoms. The van der Waals surface area contributed by atoms with Gasteiger partial charge in [0.15, 0.2) is 0 Å². The van der Waals surface area contributed by atoms with Crippen LogP contribution in [-0.4, -0.2) is 54.6 Å². The van der Waals surface area contributed by atoms with Crippen LogP contribution in [0.5, 0.6) is 5.75 Å². The number of nitrogens with zero attached hydrogens (tertiary/aromatic N) is 3. The van der Waals surface area contributed by atoms with Crippen LogP contribution in [0.2, 0.25) is 0 Å². The number of carbonyl (C=O) groups is 1. The number of anilines is 2. The van der Waals surface area contributed by atoms with Crippen LogP contribution in [0.15, 0.2) is 24.3 Å². The quantitative estimate of drug-likeness (QED) is 0.687. The fourth-order valence-electron chi connectivity index (χ4n) is 3.97. The molecule has 1 saturated heterocycles. The molecule has 1 atom stereocenters. The van der Waals surface area contributed by atoms with Crippen molar-refractivity contribution in [3.05, 3.63) is 41.3 Å². The van der Waals surface area contributed by atoms with Gasteiger partial charge in [-0.25, -0.2) is 9.97 Å². The number of ether oxygens (including phenoxy) is 1. The summed E-state index contributed by atoms with van der Waals surface area (Å²) in [6, 6.07) is 7.60. The number of carbonyl (C=O) groups excluding carboxylic acids is 1. The Morgan fingerprint density at radius 2 is 2.14 bits per heavy atom. The molecule has 1 fully saturated rings. The van der Waals surface area contributed by atoms with E-state index in [4.69, 9.17) is 14.7 Å². The Kier molecular flexibility index (Phi) is 5.92. The van der Waals surface area contributed by atoms with Crippen molar-refractivity contribution in [3.63, 3.8) is 0 Å². The summed E-state index contributed by atoms with van der Waals surface area (Å²) >= 11 is 0. The van der Waals surface area contributed by atoms with Crippen LogP contribution < -0.4 is 20.7 Å². The van der Waals surface area contributed by atoms with Gasteiger partial charge in [-0.15, -0.1) is 0 Å². The molecule has 2 aliphatic heterocycles. The van der Waals surface area contributed by atoms with E-state index in [2.05, 4.69) is 20.9 Å². The molecule has 4 rings (SSSR count). The lowest BCUT2D eigenvalue weighted by molar-refractivity contribution is -0.117. The van der Waals surface area contributed by atoms with E-state index in [0.717, 1.165) is 66.7 Å². The van der Waals surface area contributed by atoms with Gasteiger partial charge in [-0.1, -0.05) is 0 Å². The van der Waals surface area contributed by atoms with Crippen molar-refractivity contribution in [1.82, 2.24) is 20.2 Å². The molecule has 154 valence electrons. The Morgan fingerprint density at radius 3 is 2.83 bits per heavy atom. The summed E-state index contributed by atoms with van der Waals surface area (Å²) in [5, 5.41) is 9.65. The number of hydrogen-bond donors (Lipinski definition) is 3. The first-order valence-corrected chi connectivity index (χ1v) is 10.1. The first-order valence-electron chi connectivity index (χ1n) is 10.1. The standard InChI is InChI=1S/C21H28N6O2/c1-22-20-16-12-27(13-19(28)24-14-5-7-15(29-2)8-6-14)11-9-17(16)25-21(26-20)18-4-3-10-23-18/h5-8,18,23H,3-4,9-13H2,1-2H3,(H,24,28)(H,22,25,26). The summed E-state index contributed by atoms with van der Waals surface area (Å²) in [5.74, 6) is 2.50. The zero-order valence-corrected chi connectivity index (χ0v) is 17.0. The smallest absolute Gasteiger partial charge is 0.238 e. The van der Waals surface area contributed by atoms with Crippen molar-refractivity contribution in [2.75, 3.05) is 44.4 Å². The predicted molar refractivity (Wildman–Crippen MR) is 112 cm³/mol. The average Bonchev–Trinajstić information content (AvgIpc) is 3.28.